The van der Waals surface area contributed by atoms with Gasteiger partial charge in [-0.15, -0.1) is 0 Å². The van der Waals surface area contributed by atoms with Crippen LogP contribution in [0, 0.1) is 23.7 Å². The normalized spacial score (nSPS) is 46.6. The van der Waals surface area contributed by atoms with Crippen molar-refractivity contribution in [1.82, 2.24) is 0 Å². The Bertz CT molecular complexity index is 384. The average Bonchev–Trinajstić information content (AvgIpc) is 2.83. The minimum Gasteiger partial charge on any atom is -0.456 e. The molecule has 92 valence electrons. The molecule has 0 saturated heterocycles. The van der Waals surface area contributed by atoms with Gasteiger partial charge >= 0.3 is 5.97 Å². The SMILES string of the molecule is C=CC(=O)OC1(C)CC2CC(C1)C1CC=CC21. The van der Waals surface area contributed by atoms with E-state index in [9.17, 15) is 4.79 Å². The van der Waals surface area contributed by atoms with Gasteiger partial charge in [-0.1, -0.05) is 18.7 Å². The van der Waals surface area contributed by atoms with E-state index in [1.165, 1.54) is 18.9 Å². The fraction of sp³-hybridized carbons (Fsp3) is 0.667. The van der Waals surface area contributed by atoms with Crippen LogP contribution in [0.3, 0.4) is 0 Å². The maximum atomic E-state index is 11.4. The number of carbonyl (C=O) groups excluding carboxylic acids is 1. The second kappa shape index (κ2) is 3.72. The van der Waals surface area contributed by atoms with E-state index in [1.807, 2.05) is 0 Å². The third-order valence-electron chi connectivity index (χ3n) is 4.92. The van der Waals surface area contributed by atoms with Gasteiger partial charge in [0.1, 0.15) is 5.60 Å². The van der Waals surface area contributed by atoms with Gasteiger partial charge < -0.3 is 4.74 Å². The quantitative estimate of drug-likeness (QED) is 0.415. The predicted octanol–water partition coefficient (Wildman–Crippen LogP) is 3.10. The summed E-state index contributed by atoms with van der Waals surface area (Å²) in [6.45, 7) is 5.58. The zero-order chi connectivity index (χ0) is 12.0. The first kappa shape index (κ1) is 11.1. The standard InChI is InChI=1S/C15H20O2/c1-3-14(16)17-15(2)8-10-7-11(9-15)13-6-4-5-12(10)13/h3-5,10-13H,1,6-9H2,2H3. The molecule has 0 aromatic carbocycles. The predicted molar refractivity (Wildman–Crippen MR) is 66.3 cm³/mol. The molecule has 0 aliphatic heterocycles. The lowest BCUT2D eigenvalue weighted by Gasteiger charge is -2.37. The van der Waals surface area contributed by atoms with E-state index in [4.69, 9.17) is 4.74 Å². The van der Waals surface area contributed by atoms with Crippen LogP contribution in [-0.2, 0) is 9.53 Å². The summed E-state index contributed by atoms with van der Waals surface area (Å²) in [4.78, 5) is 11.4. The Morgan fingerprint density at radius 3 is 3.00 bits per heavy atom. The zero-order valence-electron chi connectivity index (χ0n) is 10.4. The van der Waals surface area contributed by atoms with Crippen molar-refractivity contribution in [3.8, 4) is 0 Å². The largest absolute Gasteiger partial charge is 0.456 e. The van der Waals surface area contributed by atoms with Crippen LogP contribution in [0.4, 0.5) is 0 Å². The van der Waals surface area contributed by atoms with Gasteiger partial charge in [0.25, 0.3) is 0 Å². The third-order valence-corrected chi connectivity index (χ3v) is 4.92. The van der Waals surface area contributed by atoms with Crippen molar-refractivity contribution in [3.63, 3.8) is 0 Å². The van der Waals surface area contributed by atoms with E-state index in [0.29, 0.717) is 0 Å². The van der Waals surface area contributed by atoms with Crippen LogP contribution in [0.2, 0.25) is 0 Å². The highest BCUT2D eigenvalue weighted by atomic mass is 16.6. The molecule has 0 heterocycles. The van der Waals surface area contributed by atoms with E-state index in [2.05, 4.69) is 25.7 Å². The zero-order valence-corrected chi connectivity index (χ0v) is 10.4. The first-order valence-electron chi connectivity index (χ1n) is 6.63. The van der Waals surface area contributed by atoms with Crippen molar-refractivity contribution in [2.45, 2.75) is 38.2 Å². The van der Waals surface area contributed by atoms with Crippen LogP contribution >= 0.6 is 0 Å². The molecule has 2 saturated carbocycles. The summed E-state index contributed by atoms with van der Waals surface area (Å²) in [6, 6.07) is 0. The Kier molecular flexibility index (Phi) is 2.42. The monoisotopic (exact) mass is 232 g/mol. The summed E-state index contributed by atoms with van der Waals surface area (Å²) in [5.74, 6) is 2.78. The van der Waals surface area contributed by atoms with Gasteiger partial charge in [-0.3, -0.25) is 0 Å². The number of allylic oxidation sites excluding steroid dienone is 2. The number of carbonyl (C=O) groups is 1. The Balaban J connectivity index is 1.77. The number of hydrogen-bond acceptors (Lipinski definition) is 2. The molecule has 3 rings (SSSR count). The Morgan fingerprint density at radius 1 is 1.47 bits per heavy atom. The molecule has 2 fully saturated rings. The summed E-state index contributed by atoms with van der Waals surface area (Å²) < 4.78 is 5.59. The molecule has 2 nitrogen and oxygen atoms in total. The Hall–Kier alpha value is -1.05. The summed E-state index contributed by atoms with van der Waals surface area (Å²) in [5, 5.41) is 0. The summed E-state index contributed by atoms with van der Waals surface area (Å²) in [6.07, 6.45) is 10.6. The van der Waals surface area contributed by atoms with Crippen LogP contribution in [0.25, 0.3) is 0 Å². The van der Waals surface area contributed by atoms with Gasteiger partial charge in [0.15, 0.2) is 0 Å². The van der Waals surface area contributed by atoms with E-state index >= 15 is 0 Å². The maximum Gasteiger partial charge on any atom is 0.330 e. The molecule has 5 unspecified atom stereocenters. The van der Waals surface area contributed by atoms with E-state index in [1.54, 1.807) is 0 Å². The molecule has 0 N–H and O–H groups in total. The van der Waals surface area contributed by atoms with E-state index < -0.39 is 0 Å². The molecule has 0 spiro atoms. The fourth-order valence-corrected chi connectivity index (χ4v) is 4.44. The fourth-order valence-electron chi connectivity index (χ4n) is 4.44. The number of esters is 1. The lowest BCUT2D eigenvalue weighted by atomic mass is 9.76. The third kappa shape index (κ3) is 1.74. The Morgan fingerprint density at radius 2 is 2.24 bits per heavy atom. The van der Waals surface area contributed by atoms with Gasteiger partial charge in [-0.2, -0.15) is 0 Å². The molecule has 2 bridgehead atoms. The van der Waals surface area contributed by atoms with Crippen LogP contribution in [-0.4, -0.2) is 11.6 Å². The molecule has 0 aromatic heterocycles. The van der Waals surface area contributed by atoms with Crippen molar-refractivity contribution in [2.75, 3.05) is 0 Å². The molecule has 3 aliphatic carbocycles. The minimum atomic E-state index is -0.269. The molecule has 17 heavy (non-hydrogen) atoms. The number of fused-ring (bicyclic) bond motifs is 5. The highest BCUT2D eigenvalue weighted by Gasteiger charge is 2.52. The van der Waals surface area contributed by atoms with Crippen LogP contribution < -0.4 is 0 Å². The molecular formula is C15H20O2. The van der Waals surface area contributed by atoms with Crippen molar-refractivity contribution in [2.24, 2.45) is 23.7 Å². The lowest BCUT2D eigenvalue weighted by molar-refractivity contribution is -0.157. The van der Waals surface area contributed by atoms with Gasteiger partial charge in [-0.25, -0.2) is 4.79 Å². The smallest absolute Gasteiger partial charge is 0.330 e. The first-order chi connectivity index (χ1) is 8.11. The van der Waals surface area contributed by atoms with Gasteiger partial charge in [-0.05, 0) is 56.3 Å². The lowest BCUT2D eigenvalue weighted by Crippen LogP contribution is -2.38. The molecule has 5 atom stereocenters. The average molecular weight is 232 g/mol. The van der Waals surface area contributed by atoms with Crippen LogP contribution in [0.5, 0.6) is 0 Å². The van der Waals surface area contributed by atoms with Crippen LogP contribution in [0.1, 0.15) is 32.6 Å². The highest BCUT2D eigenvalue weighted by Crippen LogP contribution is 2.57. The van der Waals surface area contributed by atoms with Gasteiger partial charge in [0, 0.05) is 6.08 Å². The summed E-state index contributed by atoms with van der Waals surface area (Å²) in [7, 11) is 0. The first-order valence-corrected chi connectivity index (χ1v) is 6.63. The van der Waals surface area contributed by atoms with Gasteiger partial charge in [0.2, 0.25) is 0 Å². The maximum absolute atomic E-state index is 11.4. The molecule has 3 aliphatic rings. The molecule has 0 aromatic rings. The molecule has 0 radical (unpaired) electrons. The van der Waals surface area contributed by atoms with Crippen molar-refractivity contribution >= 4 is 5.97 Å². The van der Waals surface area contributed by atoms with Crippen molar-refractivity contribution in [1.29, 1.82) is 0 Å². The van der Waals surface area contributed by atoms with Gasteiger partial charge in [0.05, 0.1) is 0 Å². The number of hydrogen-bond donors (Lipinski definition) is 0. The number of ether oxygens (including phenoxy) is 1. The second-order valence-corrected chi connectivity index (χ2v) is 6.14. The van der Waals surface area contributed by atoms with E-state index in [0.717, 1.165) is 36.5 Å². The summed E-state index contributed by atoms with van der Waals surface area (Å²) >= 11 is 0. The number of rotatable bonds is 2. The molecular weight excluding hydrogens is 212 g/mol. The van der Waals surface area contributed by atoms with E-state index in [-0.39, 0.29) is 11.6 Å². The highest BCUT2D eigenvalue weighted by molar-refractivity contribution is 5.81. The second-order valence-electron chi connectivity index (χ2n) is 6.14. The summed E-state index contributed by atoms with van der Waals surface area (Å²) in [5.41, 5.74) is -0.253. The molecule has 2 heteroatoms. The molecule has 0 amide bonds. The van der Waals surface area contributed by atoms with Crippen molar-refractivity contribution in [3.05, 3.63) is 24.8 Å². The topological polar surface area (TPSA) is 26.3 Å². The minimum absolute atomic E-state index is 0.253. The van der Waals surface area contributed by atoms with Crippen molar-refractivity contribution < 1.29 is 9.53 Å². The van der Waals surface area contributed by atoms with Crippen LogP contribution in [0.15, 0.2) is 24.8 Å². The Labute approximate surface area is 103 Å².